The van der Waals surface area contributed by atoms with E-state index in [1.54, 1.807) is 21.6 Å². The Morgan fingerprint density at radius 1 is 1.03 bits per heavy atom. The zero-order chi connectivity index (χ0) is 21.4. The molecule has 170 valence electrons. The molecular formula is C21H40N2O4S2. The van der Waals surface area contributed by atoms with Crippen molar-refractivity contribution in [2.24, 2.45) is 5.41 Å². The number of hydrogen-bond donors (Lipinski definition) is 1. The number of esters is 1. The molecule has 0 aromatic carbocycles. The lowest BCUT2D eigenvalue weighted by Crippen LogP contribution is -2.39. The van der Waals surface area contributed by atoms with Crippen molar-refractivity contribution >= 4 is 33.7 Å². The van der Waals surface area contributed by atoms with Gasteiger partial charge in [-0.25, -0.2) is 4.79 Å². The van der Waals surface area contributed by atoms with Gasteiger partial charge in [-0.3, -0.25) is 4.79 Å². The maximum Gasteiger partial charge on any atom is 0.407 e. The highest BCUT2D eigenvalue weighted by Gasteiger charge is 2.31. The largest absolute Gasteiger partial charge is 0.465 e. The van der Waals surface area contributed by atoms with Crippen LogP contribution in [0.15, 0.2) is 0 Å². The van der Waals surface area contributed by atoms with Crippen molar-refractivity contribution < 1.29 is 19.1 Å². The van der Waals surface area contributed by atoms with Gasteiger partial charge in [0.15, 0.2) is 0 Å². The van der Waals surface area contributed by atoms with Crippen LogP contribution in [0.1, 0.15) is 64.7 Å². The molecule has 0 aliphatic heterocycles. The zero-order valence-corrected chi connectivity index (χ0v) is 20.1. The van der Waals surface area contributed by atoms with Crippen molar-refractivity contribution in [1.29, 1.82) is 0 Å². The van der Waals surface area contributed by atoms with E-state index in [-0.39, 0.29) is 17.5 Å². The summed E-state index contributed by atoms with van der Waals surface area (Å²) < 4.78 is 10.5. The topological polar surface area (TPSA) is 67.9 Å². The lowest BCUT2D eigenvalue weighted by Gasteiger charge is -2.37. The SMILES string of the molecule is CCCC1(CNC(=O)OCCSSCCOC(=O)CCCN(C)C)CCCCC1. The minimum atomic E-state index is -0.302. The maximum absolute atomic E-state index is 12.0. The third kappa shape index (κ3) is 13.3. The van der Waals surface area contributed by atoms with E-state index in [1.165, 1.54) is 38.5 Å². The summed E-state index contributed by atoms with van der Waals surface area (Å²) in [5.41, 5.74) is 0.278. The first-order valence-electron chi connectivity index (χ1n) is 10.9. The highest BCUT2D eigenvalue weighted by Crippen LogP contribution is 2.39. The molecule has 1 fully saturated rings. The minimum Gasteiger partial charge on any atom is -0.465 e. The average molecular weight is 449 g/mol. The summed E-state index contributed by atoms with van der Waals surface area (Å²) in [4.78, 5) is 25.6. The molecule has 1 rings (SSSR count). The van der Waals surface area contributed by atoms with Gasteiger partial charge in [0.05, 0.1) is 0 Å². The molecular weight excluding hydrogens is 408 g/mol. The summed E-state index contributed by atoms with van der Waals surface area (Å²) in [5, 5.41) is 2.99. The fourth-order valence-corrected chi connectivity index (χ4v) is 5.40. The number of rotatable bonds is 15. The number of carbonyl (C=O) groups excluding carboxylic acids is 2. The Balaban J connectivity index is 1.97. The van der Waals surface area contributed by atoms with Crippen LogP contribution in [0.5, 0.6) is 0 Å². The van der Waals surface area contributed by atoms with Crippen LogP contribution in [0.4, 0.5) is 4.79 Å². The van der Waals surface area contributed by atoms with E-state index in [9.17, 15) is 9.59 Å². The number of alkyl carbamates (subject to hydrolysis) is 1. The van der Waals surface area contributed by atoms with Crippen molar-refractivity contribution in [3.8, 4) is 0 Å². The van der Waals surface area contributed by atoms with E-state index < -0.39 is 0 Å². The van der Waals surface area contributed by atoms with Crippen LogP contribution >= 0.6 is 21.6 Å². The van der Waals surface area contributed by atoms with Crippen LogP contribution < -0.4 is 5.32 Å². The normalized spacial score (nSPS) is 15.9. The van der Waals surface area contributed by atoms with Gasteiger partial charge in [0.2, 0.25) is 0 Å². The second-order valence-electron chi connectivity index (χ2n) is 8.07. The van der Waals surface area contributed by atoms with Gasteiger partial charge in [0.1, 0.15) is 13.2 Å². The molecule has 6 nitrogen and oxygen atoms in total. The second kappa shape index (κ2) is 16.1. The second-order valence-corrected chi connectivity index (χ2v) is 10.8. The fourth-order valence-electron chi connectivity index (χ4n) is 3.75. The van der Waals surface area contributed by atoms with Gasteiger partial charge in [-0.15, -0.1) is 0 Å². The molecule has 1 saturated carbocycles. The van der Waals surface area contributed by atoms with Crippen LogP contribution in [0, 0.1) is 5.41 Å². The van der Waals surface area contributed by atoms with Crippen LogP contribution in [-0.4, -0.2) is 68.9 Å². The number of hydrogen-bond acceptors (Lipinski definition) is 7. The Morgan fingerprint density at radius 3 is 2.31 bits per heavy atom. The molecule has 0 spiro atoms. The predicted molar refractivity (Wildman–Crippen MR) is 123 cm³/mol. The summed E-state index contributed by atoms with van der Waals surface area (Å²) in [6.07, 6.45) is 9.64. The summed E-state index contributed by atoms with van der Waals surface area (Å²) in [5.74, 6) is 1.35. The van der Waals surface area contributed by atoms with E-state index in [0.717, 1.165) is 37.4 Å². The number of ether oxygens (including phenoxy) is 2. The third-order valence-electron chi connectivity index (χ3n) is 5.20. The monoisotopic (exact) mass is 448 g/mol. The first kappa shape index (κ1) is 26.4. The molecule has 1 N–H and O–H groups in total. The van der Waals surface area contributed by atoms with E-state index in [2.05, 4.69) is 17.1 Å². The van der Waals surface area contributed by atoms with Gasteiger partial charge in [-0.2, -0.15) is 0 Å². The van der Waals surface area contributed by atoms with Gasteiger partial charge in [0.25, 0.3) is 0 Å². The van der Waals surface area contributed by atoms with Gasteiger partial charge in [-0.1, -0.05) is 54.2 Å². The van der Waals surface area contributed by atoms with Crippen LogP contribution in [-0.2, 0) is 14.3 Å². The molecule has 0 aromatic heterocycles. The summed E-state index contributed by atoms with van der Waals surface area (Å²) >= 11 is 0. The lowest BCUT2D eigenvalue weighted by molar-refractivity contribution is -0.143. The highest BCUT2D eigenvalue weighted by atomic mass is 33.1. The fraction of sp³-hybridized carbons (Fsp3) is 0.905. The van der Waals surface area contributed by atoms with E-state index in [4.69, 9.17) is 9.47 Å². The smallest absolute Gasteiger partial charge is 0.407 e. The number of carbonyl (C=O) groups is 2. The molecule has 0 saturated heterocycles. The van der Waals surface area contributed by atoms with Crippen molar-refractivity contribution in [2.45, 2.75) is 64.7 Å². The molecule has 0 aromatic rings. The molecule has 1 amide bonds. The number of nitrogens with zero attached hydrogens (tertiary/aromatic N) is 1. The Hall–Kier alpha value is -0.600. The summed E-state index contributed by atoms with van der Waals surface area (Å²) in [7, 11) is 7.26. The van der Waals surface area contributed by atoms with Crippen molar-refractivity contribution in [3.63, 3.8) is 0 Å². The van der Waals surface area contributed by atoms with Crippen molar-refractivity contribution in [1.82, 2.24) is 10.2 Å². The molecule has 0 unspecified atom stereocenters. The van der Waals surface area contributed by atoms with Crippen LogP contribution in [0.25, 0.3) is 0 Å². The van der Waals surface area contributed by atoms with E-state index in [0.29, 0.717) is 19.6 Å². The van der Waals surface area contributed by atoms with Gasteiger partial charge in [0, 0.05) is 24.5 Å². The molecule has 0 heterocycles. The molecule has 1 aliphatic rings. The quantitative estimate of drug-likeness (QED) is 0.221. The predicted octanol–water partition coefficient (Wildman–Crippen LogP) is 4.73. The number of nitrogens with one attached hydrogen (secondary N) is 1. The van der Waals surface area contributed by atoms with E-state index in [1.807, 2.05) is 14.1 Å². The maximum atomic E-state index is 12.0. The Kier molecular flexibility index (Phi) is 14.7. The highest BCUT2D eigenvalue weighted by molar-refractivity contribution is 8.76. The molecule has 8 heteroatoms. The summed E-state index contributed by atoms with van der Waals surface area (Å²) in [6, 6.07) is 0. The molecule has 29 heavy (non-hydrogen) atoms. The molecule has 0 atom stereocenters. The third-order valence-corrected chi connectivity index (χ3v) is 7.53. The van der Waals surface area contributed by atoms with Gasteiger partial charge >= 0.3 is 12.1 Å². The average Bonchev–Trinajstić information content (AvgIpc) is 2.69. The first-order valence-corrected chi connectivity index (χ1v) is 13.4. The van der Waals surface area contributed by atoms with Crippen LogP contribution in [0.2, 0.25) is 0 Å². The minimum absolute atomic E-state index is 0.128. The molecule has 0 bridgehead atoms. The molecule has 0 radical (unpaired) electrons. The number of amides is 1. The van der Waals surface area contributed by atoms with E-state index >= 15 is 0 Å². The van der Waals surface area contributed by atoms with Gasteiger partial charge < -0.3 is 19.7 Å². The molecule has 1 aliphatic carbocycles. The Morgan fingerprint density at radius 2 is 1.69 bits per heavy atom. The van der Waals surface area contributed by atoms with Crippen molar-refractivity contribution in [3.05, 3.63) is 0 Å². The van der Waals surface area contributed by atoms with Crippen molar-refractivity contribution in [2.75, 3.05) is 51.9 Å². The summed E-state index contributed by atoms with van der Waals surface area (Å²) in [6.45, 7) is 4.68. The van der Waals surface area contributed by atoms with Gasteiger partial charge in [-0.05, 0) is 51.7 Å². The first-order chi connectivity index (χ1) is 14.0. The standard InChI is InChI=1S/C21H40N2O4S2/c1-4-10-21(11-6-5-7-12-21)18-22-20(25)27-15-17-29-28-16-14-26-19(24)9-8-13-23(2)3/h4-18H2,1-3H3,(H,22,25). The lowest BCUT2D eigenvalue weighted by atomic mass is 9.71. The Labute approximate surface area is 185 Å². The zero-order valence-electron chi connectivity index (χ0n) is 18.5. The Bertz CT molecular complexity index is 452. The van der Waals surface area contributed by atoms with Crippen LogP contribution in [0.3, 0.4) is 0 Å².